The van der Waals surface area contributed by atoms with Gasteiger partial charge < -0.3 is 15.0 Å². The van der Waals surface area contributed by atoms with Gasteiger partial charge in [-0.1, -0.05) is 75.4 Å². The molecule has 0 bridgehead atoms. The van der Waals surface area contributed by atoms with E-state index in [0.29, 0.717) is 6.61 Å². The lowest BCUT2D eigenvalue weighted by Crippen LogP contribution is -2.30. The number of rotatable bonds is 4. The van der Waals surface area contributed by atoms with Gasteiger partial charge in [-0.25, -0.2) is 0 Å². The third-order valence-corrected chi connectivity index (χ3v) is 6.28. The topological polar surface area (TPSA) is 37.0 Å². The molecule has 1 unspecified atom stereocenters. The summed E-state index contributed by atoms with van der Waals surface area (Å²) in [5.74, 6) is 0.919. The zero-order valence-electron chi connectivity index (χ0n) is 18.5. The summed E-state index contributed by atoms with van der Waals surface area (Å²) in [5.41, 5.74) is 7.89. The fraction of sp³-hybridized carbons (Fsp3) is 0.286. The molecule has 1 aromatic heterocycles. The normalized spacial score (nSPS) is 16.3. The van der Waals surface area contributed by atoms with E-state index in [1.165, 1.54) is 38.9 Å². The summed E-state index contributed by atoms with van der Waals surface area (Å²) < 4.78 is 6.09. The molecule has 5 rings (SSSR count). The smallest absolute Gasteiger partial charge is 0.120 e. The molecule has 0 aliphatic carbocycles. The van der Waals surface area contributed by atoms with Crippen molar-refractivity contribution in [1.29, 1.82) is 0 Å². The average Bonchev–Trinajstić information content (AvgIpc) is 3.16. The Kier molecular flexibility index (Phi) is 5.07. The Bertz CT molecular complexity index is 1180. The summed E-state index contributed by atoms with van der Waals surface area (Å²) in [6, 6.07) is 26.0. The summed E-state index contributed by atoms with van der Waals surface area (Å²) in [6.07, 6.45) is 1.02. The van der Waals surface area contributed by atoms with Crippen molar-refractivity contribution in [2.75, 3.05) is 6.54 Å². The highest BCUT2D eigenvalue weighted by Gasteiger charge is 2.26. The number of aromatic amines is 1. The Morgan fingerprint density at radius 2 is 1.71 bits per heavy atom. The highest BCUT2D eigenvalue weighted by molar-refractivity contribution is 5.86. The summed E-state index contributed by atoms with van der Waals surface area (Å²) in [6.45, 7) is 8.33. The van der Waals surface area contributed by atoms with Crippen LogP contribution < -0.4 is 10.1 Å². The van der Waals surface area contributed by atoms with Crippen molar-refractivity contribution >= 4 is 10.9 Å². The van der Waals surface area contributed by atoms with Gasteiger partial charge in [0.15, 0.2) is 0 Å². The molecule has 31 heavy (non-hydrogen) atoms. The first kappa shape index (κ1) is 19.9. The van der Waals surface area contributed by atoms with Gasteiger partial charge in [-0.05, 0) is 52.3 Å². The molecule has 3 aromatic carbocycles. The van der Waals surface area contributed by atoms with Crippen molar-refractivity contribution in [1.82, 2.24) is 10.3 Å². The first-order valence-electron chi connectivity index (χ1n) is 11.1. The van der Waals surface area contributed by atoms with Crippen molar-refractivity contribution in [2.45, 2.75) is 45.3 Å². The van der Waals surface area contributed by atoms with Gasteiger partial charge in [-0.15, -0.1) is 0 Å². The van der Waals surface area contributed by atoms with Crippen LogP contribution in [0, 0.1) is 0 Å². The maximum Gasteiger partial charge on any atom is 0.120 e. The summed E-state index contributed by atoms with van der Waals surface area (Å²) >= 11 is 0. The van der Waals surface area contributed by atoms with E-state index in [4.69, 9.17) is 4.74 Å². The maximum absolute atomic E-state index is 6.09. The molecule has 1 atom stereocenters. The molecule has 2 heterocycles. The molecule has 0 saturated carbocycles. The molecule has 0 saturated heterocycles. The second-order valence-corrected chi connectivity index (χ2v) is 9.51. The predicted molar refractivity (Wildman–Crippen MR) is 128 cm³/mol. The van der Waals surface area contributed by atoms with Crippen LogP contribution in [0.15, 0.2) is 72.8 Å². The lowest BCUT2D eigenvalue weighted by atomic mass is 9.85. The molecule has 0 radical (unpaired) electrons. The molecule has 158 valence electrons. The Labute approximate surface area is 184 Å². The maximum atomic E-state index is 6.09. The van der Waals surface area contributed by atoms with Gasteiger partial charge in [0.1, 0.15) is 12.4 Å². The molecule has 2 N–H and O–H groups in total. The summed E-state index contributed by atoms with van der Waals surface area (Å²) in [4.78, 5) is 3.69. The van der Waals surface area contributed by atoms with E-state index in [9.17, 15) is 0 Å². The van der Waals surface area contributed by atoms with Crippen LogP contribution in [-0.2, 0) is 18.4 Å². The van der Waals surface area contributed by atoms with Crippen LogP contribution in [0.2, 0.25) is 0 Å². The number of nitrogens with one attached hydrogen (secondary N) is 2. The first-order chi connectivity index (χ1) is 15.0. The monoisotopic (exact) mass is 410 g/mol. The molecule has 4 aromatic rings. The van der Waals surface area contributed by atoms with Crippen LogP contribution in [-0.4, -0.2) is 11.5 Å². The number of benzene rings is 3. The van der Waals surface area contributed by atoms with Crippen molar-refractivity contribution in [2.24, 2.45) is 0 Å². The quantitative estimate of drug-likeness (QED) is 0.415. The van der Waals surface area contributed by atoms with E-state index < -0.39 is 0 Å². The molecule has 3 nitrogen and oxygen atoms in total. The van der Waals surface area contributed by atoms with Gasteiger partial charge in [-0.2, -0.15) is 0 Å². The van der Waals surface area contributed by atoms with Crippen molar-refractivity contribution < 1.29 is 4.74 Å². The molecule has 3 heteroatoms. The van der Waals surface area contributed by atoms with Crippen LogP contribution in [0.3, 0.4) is 0 Å². The van der Waals surface area contributed by atoms with E-state index in [0.717, 1.165) is 18.7 Å². The predicted octanol–water partition coefficient (Wildman–Crippen LogP) is 6.28. The Hall–Kier alpha value is -3.04. The van der Waals surface area contributed by atoms with Gasteiger partial charge >= 0.3 is 0 Å². The first-order valence-corrected chi connectivity index (χ1v) is 11.1. The summed E-state index contributed by atoms with van der Waals surface area (Å²) in [5, 5.41) is 4.99. The number of fused-ring (bicyclic) bond motifs is 3. The number of H-pyrrole nitrogens is 1. The van der Waals surface area contributed by atoms with Gasteiger partial charge in [0.05, 0.1) is 6.04 Å². The summed E-state index contributed by atoms with van der Waals surface area (Å²) in [7, 11) is 0. The highest BCUT2D eigenvalue weighted by atomic mass is 16.5. The van der Waals surface area contributed by atoms with Gasteiger partial charge in [0.2, 0.25) is 0 Å². The van der Waals surface area contributed by atoms with Crippen molar-refractivity contribution in [3.05, 3.63) is 101 Å². The molecule has 0 spiro atoms. The molecular formula is C28H30N2O. The highest BCUT2D eigenvalue weighted by Crippen LogP contribution is 2.35. The Morgan fingerprint density at radius 3 is 2.45 bits per heavy atom. The second-order valence-electron chi connectivity index (χ2n) is 9.51. The minimum absolute atomic E-state index is 0.168. The van der Waals surface area contributed by atoms with E-state index in [-0.39, 0.29) is 11.5 Å². The van der Waals surface area contributed by atoms with Crippen LogP contribution >= 0.6 is 0 Å². The minimum atomic E-state index is 0.168. The lowest BCUT2D eigenvalue weighted by Gasteiger charge is -2.26. The fourth-order valence-corrected chi connectivity index (χ4v) is 4.50. The van der Waals surface area contributed by atoms with E-state index in [1.807, 2.05) is 18.2 Å². The average molecular weight is 411 g/mol. The number of hydrogen-bond acceptors (Lipinski definition) is 2. The van der Waals surface area contributed by atoms with Crippen molar-refractivity contribution in [3.8, 4) is 5.75 Å². The Balaban J connectivity index is 1.44. The molecule has 0 fully saturated rings. The molecule has 0 amide bonds. The van der Waals surface area contributed by atoms with Crippen LogP contribution in [0.1, 0.15) is 54.8 Å². The SMILES string of the molecule is CC(C)(C)c1ccc(C2NCCc3c2[nH]c2ccc(OCc4ccccc4)cc32)cc1. The van der Waals surface area contributed by atoms with E-state index >= 15 is 0 Å². The van der Waals surface area contributed by atoms with Gasteiger partial charge in [-0.3, -0.25) is 0 Å². The largest absolute Gasteiger partial charge is 0.489 e. The second kappa shape index (κ2) is 7.90. The third-order valence-electron chi connectivity index (χ3n) is 6.28. The number of ether oxygens (including phenoxy) is 1. The zero-order chi connectivity index (χ0) is 21.4. The molecule has 1 aliphatic heterocycles. The molecular weight excluding hydrogens is 380 g/mol. The van der Waals surface area contributed by atoms with Crippen LogP contribution in [0.25, 0.3) is 10.9 Å². The van der Waals surface area contributed by atoms with Gasteiger partial charge in [0.25, 0.3) is 0 Å². The fourth-order valence-electron chi connectivity index (χ4n) is 4.50. The third kappa shape index (κ3) is 3.98. The van der Waals surface area contributed by atoms with Crippen molar-refractivity contribution in [3.63, 3.8) is 0 Å². The number of aromatic nitrogens is 1. The Morgan fingerprint density at radius 1 is 0.935 bits per heavy atom. The number of hydrogen-bond donors (Lipinski definition) is 2. The lowest BCUT2D eigenvalue weighted by molar-refractivity contribution is 0.306. The van der Waals surface area contributed by atoms with E-state index in [1.54, 1.807) is 0 Å². The zero-order valence-corrected chi connectivity index (χ0v) is 18.5. The standard InChI is InChI=1S/C28H30N2O/c1-28(2,3)21-11-9-20(10-12-21)26-27-23(15-16-29-26)24-17-22(13-14-25(24)30-27)31-18-19-7-5-4-6-8-19/h4-14,17,26,29-30H,15-16,18H2,1-3H3. The minimum Gasteiger partial charge on any atom is -0.489 e. The van der Waals surface area contributed by atoms with Crippen LogP contribution in [0.5, 0.6) is 5.75 Å². The van der Waals surface area contributed by atoms with Crippen LogP contribution in [0.4, 0.5) is 0 Å². The van der Waals surface area contributed by atoms with Gasteiger partial charge in [0, 0.05) is 23.1 Å². The van der Waals surface area contributed by atoms with E-state index in [2.05, 4.69) is 85.7 Å². The molecule has 1 aliphatic rings.